The van der Waals surface area contributed by atoms with Crippen molar-refractivity contribution >= 4 is 5.78 Å². The highest BCUT2D eigenvalue weighted by Crippen LogP contribution is 2.38. The Morgan fingerprint density at radius 1 is 0.786 bits per heavy atom. The van der Waals surface area contributed by atoms with Gasteiger partial charge in [0.2, 0.25) is 0 Å². The van der Waals surface area contributed by atoms with Crippen molar-refractivity contribution in [3.05, 3.63) is 34.9 Å². The van der Waals surface area contributed by atoms with Gasteiger partial charge in [-0.3, -0.25) is 4.79 Å². The first kappa shape index (κ1) is 21.6. The highest BCUT2D eigenvalue weighted by atomic mass is 16.1. The van der Waals surface area contributed by atoms with Gasteiger partial charge in [0.25, 0.3) is 0 Å². The van der Waals surface area contributed by atoms with Gasteiger partial charge in [0.05, 0.1) is 0 Å². The lowest BCUT2D eigenvalue weighted by atomic mass is 9.76. The Morgan fingerprint density at radius 3 is 2.18 bits per heavy atom. The van der Waals surface area contributed by atoms with Crippen molar-refractivity contribution in [1.29, 1.82) is 0 Å². The zero-order valence-corrected chi connectivity index (χ0v) is 18.3. The smallest absolute Gasteiger partial charge is 0.137 e. The zero-order chi connectivity index (χ0) is 19.6. The molecule has 0 saturated heterocycles. The highest BCUT2D eigenvalue weighted by Gasteiger charge is 2.23. The lowest BCUT2D eigenvalue weighted by Crippen LogP contribution is -2.16. The molecule has 1 nitrogen and oxygen atoms in total. The van der Waals surface area contributed by atoms with Gasteiger partial charge in [0, 0.05) is 12.8 Å². The van der Waals surface area contributed by atoms with E-state index < -0.39 is 0 Å². The van der Waals surface area contributed by atoms with Crippen molar-refractivity contribution in [1.82, 2.24) is 0 Å². The second-order valence-corrected chi connectivity index (χ2v) is 9.58. The Labute approximate surface area is 173 Å². The zero-order valence-electron chi connectivity index (χ0n) is 18.3. The summed E-state index contributed by atoms with van der Waals surface area (Å²) < 4.78 is 0. The van der Waals surface area contributed by atoms with E-state index >= 15 is 0 Å². The molecule has 28 heavy (non-hydrogen) atoms. The molecular weight excluding hydrogens is 340 g/mol. The molecule has 0 heterocycles. The van der Waals surface area contributed by atoms with Gasteiger partial charge in [-0.15, -0.1) is 0 Å². The van der Waals surface area contributed by atoms with Gasteiger partial charge in [-0.1, -0.05) is 89.3 Å². The molecule has 0 amide bonds. The van der Waals surface area contributed by atoms with E-state index in [4.69, 9.17) is 0 Å². The van der Waals surface area contributed by atoms with Crippen LogP contribution in [-0.2, 0) is 17.6 Å². The van der Waals surface area contributed by atoms with Crippen molar-refractivity contribution in [2.45, 2.75) is 122 Å². The standard InChI is InChI=1S/C27H42O/c1-2-3-4-5-6-7-8-9-10-11-22-12-14-23(15-13-22)24-16-17-26-21-27(28)19-18-25(26)20-24/h16-17,20,22-23H,2-15,18-19,21H2,1H3. The van der Waals surface area contributed by atoms with Crippen molar-refractivity contribution in [2.75, 3.05) is 0 Å². The lowest BCUT2D eigenvalue weighted by molar-refractivity contribution is -0.118. The van der Waals surface area contributed by atoms with E-state index in [9.17, 15) is 4.79 Å². The van der Waals surface area contributed by atoms with E-state index in [1.807, 2.05) is 0 Å². The Balaban J connectivity index is 1.29. The SMILES string of the molecule is CCCCCCCCCCCC1CCC(c2ccc3c(c2)CCC(=O)C3)CC1. The van der Waals surface area contributed by atoms with Gasteiger partial charge >= 0.3 is 0 Å². The number of aryl methyl sites for hydroxylation is 1. The lowest BCUT2D eigenvalue weighted by Gasteiger charge is -2.29. The first-order chi connectivity index (χ1) is 13.8. The molecular formula is C27H42O. The molecule has 0 radical (unpaired) electrons. The topological polar surface area (TPSA) is 17.1 Å². The van der Waals surface area contributed by atoms with Gasteiger partial charge in [-0.25, -0.2) is 0 Å². The largest absolute Gasteiger partial charge is 0.299 e. The summed E-state index contributed by atoms with van der Waals surface area (Å²) in [6, 6.07) is 7.01. The molecule has 1 saturated carbocycles. The van der Waals surface area contributed by atoms with Crippen LogP contribution in [0.1, 0.15) is 126 Å². The van der Waals surface area contributed by atoms with E-state index in [0.29, 0.717) is 12.2 Å². The molecule has 2 aliphatic rings. The number of hydrogen-bond acceptors (Lipinski definition) is 1. The van der Waals surface area contributed by atoms with Crippen molar-refractivity contribution in [3.8, 4) is 0 Å². The summed E-state index contributed by atoms with van der Waals surface area (Å²) in [4.78, 5) is 11.6. The average Bonchev–Trinajstić information content (AvgIpc) is 2.72. The number of fused-ring (bicyclic) bond motifs is 1. The van der Waals surface area contributed by atoms with Crippen LogP contribution in [0.25, 0.3) is 0 Å². The second-order valence-electron chi connectivity index (χ2n) is 9.58. The maximum absolute atomic E-state index is 11.6. The van der Waals surface area contributed by atoms with Gasteiger partial charge in [0.15, 0.2) is 0 Å². The third-order valence-corrected chi connectivity index (χ3v) is 7.33. The number of rotatable bonds is 11. The number of carbonyl (C=O) groups is 1. The van der Waals surface area contributed by atoms with Crippen LogP contribution in [0.5, 0.6) is 0 Å². The summed E-state index contributed by atoms with van der Waals surface area (Å²) in [7, 11) is 0. The minimum absolute atomic E-state index is 0.414. The average molecular weight is 383 g/mol. The fourth-order valence-corrected chi connectivity index (χ4v) is 5.41. The number of unbranched alkanes of at least 4 members (excludes halogenated alkanes) is 8. The minimum atomic E-state index is 0.414. The third kappa shape index (κ3) is 6.75. The Bertz CT molecular complexity index is 594. The Morgan fingerprint density at radius 2 is 1.46 bits per heavy atom. The van der Waals surface area contributed by atoms with Crippen LogP contribution < -0.4 is 0 Å². The summed E-state index contributed by atoms with van der Waals surface area (Å²) >= 11 is 0. The predicted molar refractivity (Wildman–Crippen MR) is 120 cm³/mol. The van der Waals surface area contributed by atoms with Crippen LogP contribution in [-0.4, -0.2) is 5.78 Å². The summed E-state index contributed by atoms with van der Waals surface area (Å²) in [5.74, 6) is 2.16. The van der Waals surface area contributed by atoms with E-state index in [-0.39, 0.29) is 0 Å². The maximum atomic E-state index is 11.6. The Hall–Kier alpha value is -1.11. The van der Waals surface area contributed by atoms with Crippen LogP contribution >= 0.6 is 0 Å². The molecule has 1 aromatic rings. The van der Waals surface area contributed by atoms with Crippen molar-refractivity contribution < 1.29 is 4.79 Å². The molecule has 3 rings (SSSR count). The molecule has 156 valence electrons. The van der Waals surface area contributed by atoms with Crippen LogP contribution in [0.3, 0.4) is 0 Å². The van der Waals surface area contributed by atoms with Crippen molar-refractivity contribution in [2.24, 2.45) is 5.92 Å². The van der Waals surface area contributed by atoms with Crippen LogP contribution in [0.15, 0.2) is 18.2 Å². The first-order valence-corrected chi connectivity index (χ1v) is 12.4. The molecule has 1 aromatic carbocycles. The molecule has 1 heteroatoms. The summed E-state index contributed by atoms with van der Waals surface area (Å²) in [6.07, 6.45) is 22.4. The van der Waals surface area contributed by atoms with E-state index in [2.05, 4.69) is 25.1 Å². The minimum Gasteiger partial charge on any atom is -0.299 e. The molecule has 0 unspecified atom stereocenters. The van der Waals surface area contributed by atoms with Crippen LogP contribution in [0, 0.1) is 5.92 Å². The number of ketones is 1. The molecule has 2 aliphatic carbocycles. The predicted octanol–water partition coefficient (Wildman–Crippen LogP) is 7.94. The first-order valence-electron chi connectivity index (χ1n) is 12.4. The highest BCUT2D eigenvalue weighted by molar-refractivity contribution is 5.83. The molecule has 0 aliphatic heterocycles. The van der Waals surface area contributed by atoms with E-state index in [1.54, 1.807) is 5.56 Å². The van der Waals surface area contributed by atoms with Crippen molar-refractivity contribution in [3.63, 3.8) is 0 Å². The third-order valence-electron chi connectivity index (χ3n) is 7.33. The summed E-state index contributed by atoms with van der Waals surface area (Å²) in [5.41, 5.74) is 4.29. The van der Waals surface area contributed by atoms with Gasteiger partial charge in [-0.2, -0.15) is 0 Å². The number of Topliss-reactive ketones (excluding diaryl/α,β-unsaturated/α-hetero) is 1. The summed E-state index contributed by atoms with van der Waals surface area (Å²) in [6.45, 7) is 2.30. The summed E-state index contributed by atoms with van der Waals surface area (Å²) in [5, 5.41) is 0. The quantitative estimate of drug-likeness (QED) is 0.355. The van der Waals surface area contributed by atoms with E-state index in [0.717, 1.165) is 24.7 Å². The van der Waals surface area contributed by atoms with Gasteiger partial charge < -0.3 is 0 Å². The molecule has 0 N–H and O–H groups in total. The Kier molecular flexibility index (Phi) is 9.09. The number of benzene rings is 1. The fourth-order valence-electron chi connectivity index (χ4n) is 5.41. The normalized spacial score (nSPS) is 22.2. The maximum Gasteiger partial charge on any atom is 0.137 e. The molecule has 1 fully saturated rings. The van der Waals surface area contributed by atoms with Gasteiger partial charge in [-0.05, 0) is 60.6 Å². The molecule has 0 aromatic heterocycles. The second kappa shape index (κ2) is 11.8. The molecule has 0 atom stereocenters. The number of hydrogen-bond donors (Lipinski definition) is 0. The fraction of sp³-hybridized carbons (Fsp3) is 0.741. The number of carbonyl (C=O) groups excluding carboxylic acids is 1. The van der Waals surface area contributed by atoms with E-state index in [1.165, 1.54) is 101 Å². The van der Waals surface area contributed by atoms with Crippen LogP contribution in [0.2, 0.25) is 0 Å². The molecule has 0 spiro atoms. The molecule has 0 bridgehead atoms. The monoisotopic (exact) mass is 382 g/mol. The van der Waals surface area contributed by atoms with Gasteiger partial charge in [0.1, 0.15) is 5.78 Å². The van der Waals surface area contributed by atoms with Crippen LogP contribution in [0.4, 0.5) is 0 Å².